The molecule has 33 heavy (non-hydrogen) atoms. The summed E-state index contributed by atoms with van der Waals surface area (Å²) in [5, 5.41) is 22.6. The number of anilines is 3. The molecule has 12 heteroatoms. The van der Waals surface area contributed by atoms with E-state index in [1.165, 1.54) is 10.9 Å². The molecule has 4 aromatic rings. The molecule has 0 unspecified atom stereocenters. The average Bonchev–Trinajstić information content (AvgIpc) is 3.37. The van der Waals surface area contributed by atoms with Crippen molar-refractivity contribution in [3.8, 4) is 11.4 Å². The topological polar surface area (TPSA) is 148 Å². The van der Waals surface area contributed by atoms with Crippen molar-refractivity contribution < 1.29 is 9.90 Å². The number of nitrogens with one attached hydrogen (secondary N) is 3. The summed E-state index contributed by atoms with van der Waals surface area (Å²) in [5.41, 5.74) is 2.45. The van der Waals surface area contributed by atoms with Crippen LogP contribution >= 0.6 is 0 Å². The summed E-state index contributed by atoms with van der Waals surface area (Å²) in [6.07, 6.45) is 5.35. The second-order valence-electron chi connectivity index (χ2n) is 7.82. The van der Waals surface area contributed by atoms with Gasteiger partial charge in [-0.25, -0.2) is 19.3 Å². The van der Waals surface area contributed by atoms with Crippen LogP contribution in [0, 0.1) is 5.92 Å². The Hall–Kier alpha value is -4.06. The minimum atomic E-state index is -0.261. The van der Waals surface area contributed by atoms with Gasteiger partial charge in [0.2, 0.25) is 5.95 Å². The molecule has 4 N–H and O–H groups in total. The van der Waals surface area contributed by atoms with Gasteiger partial charge in [0.1, 0.15) is 12.7 Å². The van der Waals surface area contributed by atoms with E-state index in [1.54, 1.807) is 18.1 Å². The van der Waals surface area contributed by atoms with E-state index in [0.29, 0.717) is 47.8 Å². The van der Waals surface area contributed by atoms with Crippen LogP contribution in [0.15, 0.2) is 36.9 Å². The summed E-state index contributed by atoms with van der Waals surface area (Å²) in [6, 6.07) is 7.26. The molecule has 0 bridgehead atoms. The van der Waals surface area contributed by atoms with Gasteiger partial charge in [-0.05, 0) is 30.9 Å². The third-order valence-corrected chi connectivity index (χ3v) is 5.33. The van der Waals surface area contributed by atoms with Crippen LogP contribution in [-0.2, 0) is 6.54 Å². The summed E-state index contributed by atoms with van der Waals surface area (Å²) < 4.78 is 2.99. The van der Waals surface area contributed by atoms with Crippen LogP contribution in [0.4, 0.5) is 22.2 Å². The van der Waals surface area contributed by atoms with Gasteiger partial charge in [0.05, 0.1) is 13.2 Å². The van der Waals surface area contributed by atoms with Gasteiger partial charge in [0, 0.05) is 24.8 Å². The average molecular weight is 448 g/mol. The Morgan fingerprint density at radius 1 is 1.21 bits per heavy atom. The Kier molecular flexibility index (Phi) is 5.57. The Labute approximate surface area is 189 Å². The van der Waals surface area contributed by atoms with Crippen molar-refractivity contribution in [2.24, 2.45) is 5.92 Å². The molecule has 5 rings (SSSR count). The molecule has 1 fully saturated rings. The van der Waals surface area contributed by atoms with E-state index < -0.39 is 0 Å². The number of rotatable bonds is 8. The number of amides is 1. The summed E-state index contributed by atoms with van der Waals surface area (Å²) in [4.78, 5) is 30.3. The largest absolute Gasteiger partial charge is 0.394 e. The van der Waals surface area contributed by atoms with Gasteiger partial charge in [-0.2, -0.15) is 15.1 Å². The van der Waals surface area contributed by atoms with Gasteiger partial charge in [-0.3, -0.25) is 4.68 Å². The highest BCUT2D eigenvalue weighted by molar-refractivity contribution is 5.92. The first kappa shape index (κ1) is 20.8. The third-order valence-electron chi connectivity index (χ3n) is 5.33. The second-order valence-corrected chi connectivity index (χ2v) is 7.82. The van der Waals surface area contributed by atoms with Crippen molar-refractivity contribution in [1.82, 2.24) is 39.6 Å². The first-order valence-electron chi connectivity index (χ1n) is 10.7. The molecule has 0 atom stereocenters. The van der Waals surface area contributed by atoms with E-state index >= 15 is 0 Å². The monoisotopic (exact) mass is 448 g/mol. The quantitative estimate of drug-likeness (QED) is 0.317. The van der Waals surface area contributed by atoms with Crippen LogP contribution in [0.1, 0.15) is 12.8 Å². The number of imidazole rings is 1. The number of aliphatic hydroxyl groups is 1. The molecular formula is C21H24N10O2. The fourth-order valence-electron chi connectivity index (χ4n) is 3.42. The molecule has 1 aromatic carbocycles. The van der Waals surface area contributed by atoms with Crippen molar-refractivity contribution in [3.05, 3.63) is 36.9 Å². The van der Waals surface area contributed by atoms with Gasteiger partial charge < -0.3 is 21.1 Å². The smallest absolute Gasteiger partial charge is 0.328 e. The minimum absolute atomic E-state index is 0.00675. The Balaban J connectivity index is 1.42. The molecule has 0 spiro atoms. The molecule has 3 heterocycles. The maximum absolute atomic E-state index is 12.7. The van der Waals surface area contributed by atoms with Gasteiger partial charge in [0.15, 0.2) is 22.8 Å². The highest BCUT2D eigenvalue weighted by Gasteiger charge is 2.23. The number of fused-ring (bicyclic) bond motifs is 1. The summed E-state index contributed by atoms with van der Waals surface area (Å²) in [6.45, 7) is 1.03. The predicted molar refractivity (Wildman–Crippen MR) is 122 cm³/mol. The predicted octanol–water partition coefficient (Wildman–Crippen LogP) is 1.83. The van der Waals surface area contributed by atoms with Crippen molar-refractivity contribution >= 4 is 34.6 Å². The van der Waals surface area contributed by atoms with Crippen LogP contribution in [0.3, 0.4) is 0 Å². The van der Waals surface area contributed by atoms with Crippen LogP contribution in [-0.4, -0.2) is 65.6 Å². The lowest BCUT2D eigenvalue weighted by molar-refractivity contribution is 0.242. The Bertz CT molecular complexity index is 1290. The molecule has 1 aliphatic rings. The lowest BCUT2D eigenvalue weighted by Gasteiger charge is -2.10. The molecule has 170 valence electrons. The van der Waals surface area contributed by atoms with Crippen LogP contribution < -0.4 is 16.0 Å². The van der Waals surface area contributed by atoms with Crippen LogP contribution in [0.2, 0.25) is 0 Å². The molecule has 1 saturated carbocycles. The van der Waals surface area contributed by atoms with Crippen molar-refractivity contribution in [2.45, 2.75) is 19.4 Å². The zero-order chi connectivity index (χ0) is 22.8. The highest BCUT2D eigenvalue weighted by atomic mass is 16.3. The van der Waals surface area contributed by atoms with Crippen molar-refractivity contribution in [1.29, 1.82) is 0 Å². The van der Waals surface area contributed by atoms with E-state index in [0.717, 1.165) is 24.1 Å². The normalized spacial score (nSPS) is 13.3. The number of aliphatic hydroxyl groups excluding tert-OH is 1. The number of benzene rings is 1. The molecule has 1 aliphatic carbocycles. The van der Waals surface area contributed by atoms with E-state index in [1.807, 2.05) is 24.3 Å². The van der Waals surface area contributed by atoms with E-state index in [9.17, 15) is 4.79 Å². The minimum Gasteiger partial charge on any atom is -0.394 e. The first-order chi connectivity index (χ1) is 16.1. The van der Waals surface area contributed by atoms with E-state index in [4.69, 9.17) is 5.11 Å². The number of hydrogen-bond donors (Lipinski definition) is 4. The maximum atomic E-state index is 12.7. The number of nitrogens with zero attached hydrogens (tertiary/aromatic N) is 7. The lowest BCUT2D eigenvalue weighted by Crippen LogP contribution is -2.30. The van der Waals surface area contributed by atoms with E-state index in [-0.39, 0.29) is 12.6 Å². The number of carbonyl (C=O) groups excluding carboxylic acids is 1. The number of carbonyl (C=O) groups is 1. The molecule has 0 radical (unpaired) electrons. The fourth-order valence-corrected chi connectivity index (χ4v) is 3.42. The molecule has 0 saturated heterocycles. The Morgan fingerprint density at radius 2 is 2.09 bits per heavy atom. The zero-order valence-corrected chi connectivity index (χ0v) is 18.1. The first-order valence-corrected chi connectivity index (χ1v) is 10.7. The lowest BCUT2D eigenvalue weighted by atomic mass is 10.2. The molecule has 12 nitrogen and oxygen atoms in total. The summed E-state index contributed by atoms with van der Waals surface area (Å²) in [7, 11) is 1.74. The van der Waals surface area contributed by atoms with Crippen molar-refractivity contribution in [2.75, 3.05) is 30.8 Å². The van der Waals surface area contributed by atoms with Gasteiger partial charge in [-0.15, -0.1) is 0 Å². The maximum Gasteiger partial charge on any atom is 0.328 e. The number of hydrogen-bond acceptors (Lipinski definition) is 9. The van der Waals surface area contributed by atoms with Gasteiger partial charge in [0.25, 0.3) is 0 Å². The van der Waals surface area contributed by atoms with Crippen molar-refractivity contribution in [3.63, 3.8) is 0 Å². The van der Waals surface area contributed by atoms with Gasteiger partial charge >= 0.3 is 6.03 Å². The highest BCUT2D eigenvalue weighted by Crippen LogP contribution is 2.28. The summed E-state index contributed by atoms with van der Waals surface area (Å²) >= 11 is 0. The van der Waals surface area contributed by atoms with E-state index in [2.05, 4.69) is 41.0 Å². The number of aromatic nitrogens is 7. The standard InChI is InChI=1S/C21H24N10O2/c1-22-18-16-19(31(12-24-16)21(33)23-10-13-5-6-13)28-20(27-18)26-15-4-2-3-14(9-15)17-25-11-30(29-17)7-8-32/h2-4,9,11-13,32H,5-8,10H2,1H3,(H,23,33)(H2,22,26,27,28). The fraction of sp³-hybridized carbons (Fsp3) is 0.333. The third kappa shape index (κ3) is 4.46. The molecule has 1 amide bonds. The molecule has 0 aliphatic heterocycles. The SMILES string of the molecule is CNc1nc(Nc2cccc(-c3ncn(CCO)n3)c2)nc2c1ncn2C(=O)NCC1CC1. The molecular weight excluding hydrogens is 424 g/mol. The van der Waals surface area contributed by atoms with Gasteiger partial charge in [-0.1, -0.05) is 12.1 Å². The van der Waals surface area contributed by atoms with Crippen LogP contribution in [0.5, 0.6) is 0 Å². The summed E-state index contributed by atoms with van der Waals surface area (Å²) in [5.74, 6) is 1.95. The second kappa shape index (κ2) is 8.82. The Morgan fingerprint density at radius 3 is 2.88 bits per heavy atom. The zero-order valence-electron chi connectivity index (χ0n) is 18.1. The van der Waals surface area contributed by atoms with Crippen LogP contribution in [0.25, 0.3) is 22.6 Å². The molecule has 3 aromatic heterocycles.